The third-order valence-corrected chi connectivity index (χ3v) is 3.70. The Morgan fingerprint density at radius 1 is 0.963 bits per heavy atom. The highest BCUT2D eigenvalue weighted by molar-refractivity contribution is 5.92. The molecule has 0 unspecified atom stereocenters. The number of anilines is 1. The smallest absolute Gasteiger partial charge is 0.321 e. The lowest BCUT2D eigenvalue weighted by Gasteiger charge is -2.10. The Bertz CT molecular complexity index is 899. The highest BCUT2D eigenvalue weighted by Gasteiger charge is 2.09. The Labute approximate surface area is 156 Å². The van der Waals surface area contributed by atoms with Gasteiger partial charge in [0.25, 0.3) is 0 Å². The van der Waals surface area contributed by atoms with Crippen molar-refractivity contribution in [2.75, 3.05) is 19.5 Å². The molecule has 1 amide bonds. The van der Waals surface area contributed by atoms with E-state index in [9.17, 15) is 4.79 Å². The van der Waals surface area contributed by atoms with Crippen molar-refractivity contribution in [1.82, 2.24) is 9.97 Å². The fourth-order valence-corrected chi connectivity index (χ4v) is 2.43. The predicted molar refractivity (Wildman–Crippen MR) is 100 cm³/mol. The molecule has 7 heteroatoms. The number of aromatic nitrogens is 2. The van der Waals surface area contributed by atoms with E-state index in [1.165, 1.54) is 0 Å². The average molecular weight is 365 g/mol. The third kappa shape index (κ3) is 4.94. The summed E-state index contributed by atoms with van der Waals surface area (Å²) in [5.74, 6) is 1.66. The highest BCUT2D eigenvalue weighted by atomic mass is 16.5. The van der Waals surface area contributed by atoms with Crippen LogP contribution >= 0.6 is 0 Å². The number of amides is 1. The summed E-state index contributed by atoms with van der Waals surface area (Å²) in [5.41, 5.74) is 1.49. The Kier molecular flexibility index (Phi) is 5.84. The van der Waals surface area contributed by atoms with Gasteiger partial charge in [0.15, 0.2) is 11.5 Å². The summed E-state index contributed by atoms with van der Waals surface area (Å²) in [6.45, 7) is 0. The zero-order chi connectivity index (χ0) is 19.1. The van der Waals surface area contributed by atoms with Gasteiger partial charge in [-0.25, -0.2) is 9.97 Å². The van der Waals surface area contributed by atoms with Gasteiger partial charge in [-0.15, -0.1) is 0 Å². The van der Waals surface area contributed by atoms with E-state index in [0.29, 0.717) is 22.9 Å². The summed E-state index contributed by atoms with van der Waals surface area (Å²) in [6.07, 6.45) is 3.42. The number of hydrogen-bond acceptors (Lipinski definition) is 6. The molecule has 0 aliphatic heterocycles. The minimum Gasteiger partial charge on any atom is -0.493 e. The lowest BCUT2D eigenvalue weighted by Crippen LogP contribution is -2.14. The molecule has 0 fully saturated rings. The summed E-state index contributed by atoms with van der Waals surface area (Å²) in [7, 11) is 3.13. The van der Waals surface area contributed by atoms with Crippen LogP contribution in [0.15, 0.2) is 60.9 Å². The van der Waals surface area contributed by atoms with Crippen molar-refractivity contribution in [3.63, 3.8) is 0 Å². The van der Waals surface area contributed by atoms with Gasteiger partial charge in [0.2, 0.25) is 5.91 Å². The number of nitrogens with one attached hydrogen (secondary N) is 1. The molecule has 0 bridgehead atoms. The number of ether oxygens (including phenoxy) is 3. The molecule has 1 N–H and O–H groups in total. The van der Waals surface area contributed by atoms with E-state index < -0.39 is 0 Å². The van der Waals surface area contributed by atoms with Gasteiger partial charge in [-0.05, 0) is 48.0 Å². The van der Waals surface area contributed by atoms with Gasteiger partial charge in [0.1, 0.15) is 5.75 Å². The van der Waals surface area contributed by atoms with E-state index in [-0.39, 0.29) is 18.3 Å². The van der Waals surface area contributed by atoms with Gasteiger partial charge >= 0.3 is 6.01 Å². The number of rotatable bonds is 7. The van der Waals surface area contributed by atoms with Crippen LogP contribution in [0.5, 0.6) is 23.3 Å². The van der Waals surface area contributed by atoms with Gasteiger partial charge in [0, 0.05) is 18.1 Å². The van der Waals surface area contributed by atoms with Gasteiger partial charge < -0.3 is 19.5 Å². The van der Waals surface area contributed by atoms with E-state index in [0.717, 1.165) is 5.56 Å². The van der Waals surface area contributed by atoms with Gasteiger partial charge in [-0.2, -0.15) is 0 Å². The Morgan fingerprint density at radius 2 is 1.67 bits per heavy atom. The summed E-state index contributed by atoms with van der Waals surface area (Å²) in [6, 6.07) is 14.4. The maximum Gasteiger partial charge on any atom is 0.321 e. The molecule has 3 rings (SSSR count). The first kappa shape index (κ1) is 18.2. The lowest BCUT2D eigenvalue weighted by atomic mass is 10.1. The second-order valence-electron chi connectivity index (χ2n) is 5.57. The maximum atomic E-state index is 12.3. The first-order valence-electron chi connectivity index (χ1n) is 8.23. The second kappa shape index (κ2) is 8.66. The van der Waals surface area contributed by atoms with Crippen LogP contribution < -0.4 is 19.5 Å². The molecule has 0 aliphatic rings. The highest BCUT2D eigenvalue weighted by Crippen LogP contribution is 2.28. The van der Waals surface area contributed by atoms with Gasteiger partial charge in [0.05, 0.1) is 20.6 Å². The standard InChI is InChI=1S/C20H19N3O4/c1-25-17-9-4-14(12-18(17)26-2)13-19(24)23-15-5-7-16(8-6-15)27-20-21-10-3-11-22-20/h3-12H,13H2,1-2H3,(H,23,24). The average Bonchev–Trinajstić information content (AvgIpc) is 2.70. The first-order chi connectivity index (χ1) is 13.2. The van der Waals surface area contributed by atoms with Crippen molar-refractivity contribution >= 4 is 11.6 Å². The molecule has 0 saturated heterocycles. The Morgan fingerprint density at radius 3 is 2.33 bits per heavy atom. The largest absolute Gasteiger partial charge is 0.493 e. The molecular formula is C20H19N3O4. The fourth-order valence-electron chi connectivity index (χ4n) is 2.43. The maximum absolute atomic E-state index is 12.3. The van der Waals surface area contributed by atoms with Crippen LogP contribution in [-0.2, 0) is 11.2 Å². The van der Waals surface area contributed by atoms with Gasteiger partial charge in [-0.1, -0.05) is 6.07 Å². The quantitative estimate of drug-likeness (QED) is 0.690. The zero-order valence-electron chi connectivity index (χ0n) is 15.0. The summed E-state index contributed by atoms with van der Waals surface area (Å²) in [4.78, 5) is 20.3. The molecule has 1 heterocycles. The van der Waals surface area contributed by atoms with Crippen LogP contribution in [-0.4, -0.2) is 30.1 Å². The molecular weight excluding hydrogens is 346 g/mol. The molecule has 2 aromatic carbocycles. The van der Waals surface area contributed by atoms with Gasteiger partial charge in [-0.3, -0.25) is 4.79 Å². The van der Waals surface area contributed by atoms with E-state index in [1.54, 1.807) is 69.1 Å². The number of carbonyl (C=O) groups is 1. The number of methoxy groups -OCH3 is 2. The molecule has 138 valence electrons. The summed E-state index contributed by atoms with van der Waals surface area (Å²) in [5, 5.41) is 2.85. The monoisotopic (exact) mass is 365 g/mol. The summed E-state index contributed by atoms with van der Waals surface area (Å²) >= 11 is 0. The fraction of sp³-hybridized carbons (Fsp3) is 0.150. The molecule has 1 aromatic heterocycles. The number of benzene rings is 2. The number of nitrogens with zero attached hydrogens (tertiary/aromatic N) is 2. The minimum absolute atomic E-state index is 0.137. The molecule has 0 radical (unpaired) electrons. The third-order valence-electron chi connectivity index (χ3n) is 3.70. The van der Waals surface area contributed by atoms with Crippen LogP contribution in [0.25, 0.3) is 0 Å². The van der Waals surface area contributed by atoms with Crippen molar-refractivity contribution in [1.29, 1.82) is 0 Å². The number of hydrogen-bond donors (Lipinski definition) is 1. The topological polar surface area (TPSA) is 82.6 Å². The SMILES string of the molecule is COc1ccc(CC(=O)Nc2ccc(Oc3ncccn3)cc2)cc1OC. The minimum atomic E-state index is -0.137. The van der Waals surface area contributed by atoms with E-state index >= 15 is 0 Å². The molecule has 0 saturated carbocycles. The summed E-state index contributed by atoms with van der Waals surface area (Å²) < 4.78 is 16.0. The van der Waals surface area contributed by atoms with Crippen LogP contribution in [0.3, 0.4) is 0 Å². The molecule has 0 spiro atoms. The lowest BCUT2D eigenvalue weighted by molar-refractivity contribution is -0.115. The van der Waals surface area contributed by atoms with Crippen molar-refractivity contribution in [3.05, 3.63) is 66.5 Å². The second-order valence-corrected chi connectivity index (χ2v) is 5.57. The van der Waals surface area contributed by atoms with Crippen LogP contribution in [0.2, 0.25) is 0 Å². The Hall–Kier alpha value is -3.61. The van der Waals surface area contributed by atoms with Crippen LogP contribution in [0.4, 0.5) is 5.69 Å². The van der Waals surface area contributed by atoms with Crippen molar-refractivity contribution in [3.8, 4) is 23.3 Å². The van der Waals surface area contributed by atoms with E-state index in [1.807, 2.05) is 6.07 Å². The van der Waals surface area contributed by atoms with Crippen LogP contribution in [0.1, 0.15) is 5.56 Å². The molecule has 0 atom stereocenters. The predicted octanol–water partition coefficient (Wildman–Crippen LogP) is 3.47. The first-order valence-corrected chi connectivity index (χ1v) is 8.23. The molecule has 3 aromatic rings. The molecule has 0 aliphatic carbocycles. The molecule has 27 heavy (non-hydrogen) atoms. The van der Waals surface area contributed by atoms with Crippen LogP contribution in [0, 0.1) is 0 Å². The van der Waals surface area contributed by atoms with E-state index in [4.69, 9.17) is 14.2 Å². The Balaban J connectivity index is 1.59. The number of carbonyl (C=O) groups excluding carboxylic acids is 1. The zero-order valence-corrected chi connectivity index (χ0v) is 15.0. The van der Waals surface area contributed by atoms with Crippen molar-refractivity contribution < 1.29 is 19.0 Å². The van der Waals surface area contributed by atoms with Crippen molar-refractivity contribution in [2.45, 2.75) is 6.42 Å². The van der Waals surface area contributed by atoms with E-state index in [2.05, 4.69) is 15.3 Å². The van der Waals surface area contributed by atoms with Crippen molar-refractivity contribution in [2.24, 2.45) is 0 Å². The molecule has 7 nitrogen and oxygen atoms in total. The normalized spacial score (nSPS) is 10.1.